The summed E-state index contributed by atoms with van der Waals surface area (Å²) in [6.07, 6.45) is 0. The minimum atomic E-state index is -0.366. The van der Waals surface area contributed by atoms with Crippen molar-refractivity contribution < 1.29 is 19.1 Å². The second-order valence-electron chi connectivity index (χ2n) is 6.85. The molecule has 2 N–H and O–H groups in total. The molecule has 2 amide bonds. The van der Waals surface area contributed by atoms with Crippen LogP contribution in [0.2, 0.25) is 0 Å². The molecule has 160 valence electrons. The van der Waals surface area contributed by atoms with Crippen LogP contribution in [0.1, 0.15) is 40.1 Å². The highest BCUT2D eigenvalue weighted by atomic mass is 16.5. The van der Waals surface area contributed by atoms with Gasteiger partial charge in [-0.2, -0.15) is 0 Å². The maximum Gasteiger partial charge on any atom is 0.257 e. The Morgan fingerprint density at radius 2 is 1.52 bits per heavy atom. The van der Waals surface area contributed by atoms with Crippen LogP contribution in [0.25, 0.3) is 0 Å². The Morgan fingerprint density at radius 1 is 0.774 bits per heavy atom. The van der Waals surface area contributed by atoms with Crippen molar-refractivity contribution in [2.24, 2.45) is 0 Å². The number of para-hydroxylation sites is 1. The van der Waals surface area contributed by atoms with E-state index < -0.39 is 0 Å². The minimum Gasteiger partial charge on any atom is -0.494 e. The van der Waals surface area contributed by atoms with E-state index in [1.807, 2.05) is 32.9 Å². The molecule has 0 heterocycles. The van der Waals surface area contributed by atoms with Gasteiger partial charge >= 0.3 is 0 Å². The first kappa shape index (κ1) is 21.9. The Hall–Kier alpha value is -3.80. The largest absolute Gasteiger partial charge is 0.494 e. The first-order valence-corrected chi connectivity index (χ1v) is 10.2. The molecule has 0 aliphatic rings. The zero-order valence-corrected chi connectivity index (χ0v) is 17.9. The summed E-state index contributed by atoms with van der Waals surface area (Å²) in [4.78, 5) is 25.7. The second kappa shape index (κ2) is 10.3. The van der Waals surface area contributed by atoms with Crippen molar-refractivity contribution in [2.75, 3.05) is 23.8 Å². The van der Waals surface area contributed by atoms with Crippen LogP contribution in [-0.4, -0.2) is 25.0 Å². The molecule has 0 saturated carbocycles. The molecule has 3 aromatic carbocycles. The number of carbonyl (C=O) groups excluding carboxylic acids is 2. The number of ether oxygens (including phenoxy) is 2. The molecule has 0 bridgehead atoms. The number of hydrogen-bond donors (Lipinski definition) is 2. The van der Waals surface area contributed by atoms with Gasteiger partial charge in [-0.25, -0.2) is 0 Å². The molecule has 0 unspecified atom stereocenters. The summed E-state index contributed by atoms with van der Waals surface area (Å²) in [5.41, 5.74) is 2.77. The fourth-order valence-electron chi connectivity index (χ4n) is 3.11. The molecule has 6 heteroatoms. The highest BCUT2D eigenvalue weighted by molar-refractivity contribution is 6.12. The number of carbonyl (C=O) groups is 2. The number of rotatable bonds is 8. The first-order chi connectivity index (χ1) is 15.0. The fraction of sp³-hybridized carbons (Fsp3) is 0.200. The van der Waals surface area contributed by atoms with Crippen LogP contribution in [0.3, 0.4) is 0 Å². The minimum absolute atomic E-state index is 0.280. The van der Waals surface area contributed by atoms with E-state index in [9.17, 15) is 9.59 Å². The zero-order chi connectivity index (χ0) is 22.2. The highest BCUT2D eigenvalue weighted by Gasteiger charge is 2.16. The number of amides is 2. The van der Waals surface area contributed by atoms with Crippen LogP contribution in [0.4, 0.5) is 11.4 Å². The average Bonchev–Trinajstić information content (AvgIpc) is 2.76. The number of anilines is 2. The van der Waals surface area contributed by atoms with Gasteiger partial charge in [-0.1, -0.05) is 29.8 Å². The van der Waals surface area contributed by atoms with Crippen LogP contribution in [0.5, 0.6) is 11.5 Å². The van der Waals surface area contributed by atoms with Crippen LogP contribution in [0.15, 0.2) is 66.7 Å². The van der Waals surface area contributed by atoms with Crippen LogP contribution < -0.4 is 20.1 Å². The van der Waals surface area contributed by atoms with E-state index in [-0.39, 0.29) is 11.8 Å². The summed E-state index contributed by atoms with van der Waals surface area (Å²) in [6, 6.07) is 19.4. The molecule has 0 atom stereocenters. The van der Waals surface area contributed by atoms with Gasteiger partial charge in [0.05, 0.1) is 30.2 Å². The van der Waals surface area contributed by atoms with Gasteiger partial charge in [0.15, 0.2) is 0 Å². The summed E-state index contributed by atoms with van der Waals surface area (Å²) in [5.74, 6) is 0.523. The molecule has 0 aromatic heterocycles. The van der Waals surface area contributed by atoms with Crippen molar-refractivity contribution in [1.29, 1.82) is 0 Å². The predicted octanol–water partition coefficient (Wildman–Crippen LogP) is 5.30. The number of hydrogen-bond acceptors (Lipinski definition) is 4. The van der Waals surface area contributed by atoms with Gasteiger partial charge in [0.1, 0.15) is 11.5 Å². The Labute approximate surface area is 182 Å². The molecular weight excluding hydrogens is 392 g/mol. The molecule has 0 fully saturated rings. The third-order valence-corrected chi connectivity index (χ3v) is 4.51. The SMILES string of the molecule is CCOc1ccc(OCC)c(NC(=O)c2ccccc2NC(=O)c2cccc(C)c2)c1. The first-order valence-electron chi connectivity index (χ1n) is 10.2. The van der Waals surface area contributed by atoms with Crippen molar-refractivity contribution in [3.8, 4) is 11.5 Å². The number of benzene rings is 3. The molecule has 0 saturated heterocycles. The number of aryl methyl sites for hydroxylation is 1. The van der Waals surface area contributed by atoms with Crippen LogP contribution in [0, 0.1) is 6.92 Å². The summed E-state index contributed by atoms with van der Waals surface area (Å²) < 4.78 is 11.2. The Kier molecular flexibility index (Phi) is 7.27. The highest BCUT2D eigenvalue weighted by Crippen LogP contribution is 2.30. The normalized spacial score (nSPS) is 10.3. The van der Waals surface area contributed by atoms with Crippen molar-refractivity contribution >= 4 is 23.2 Å². The van der Waals surface area contributed by atoms with Gasteiger partial charge in [-0.3, -0.25) is 9.59 Å². The van der Waals surface area contributed by atoms with E-state index in [4.69, 9.17) is 9.47 Å². The molecule has 6 nitrogen and oxygen atoms in total. The standard InChI is InChI=1S/C25H26N2O4/c1-4-30-19-13-14-23(31-5-2)22(16-19)27-25(29)20-11-6-7-12-21(20)26-24(28)18-10-8-9-17(3)15-18/h6-16H,4-5H2,1-3H3,(H,26,28)(H,27,29). The number of nitrogens with one attached hydrogen (secondary N) is 2. The molecule has 31 heavy (non-hydrogen) atoms. The lowest BCUT2D eigenvalue weighted by molar-refractivity contribution is 0.102. The molecular formula is C25H26N2O4. The molecule has 0 aliphatic heterocycles. The van der Waals surface area contributed by atoms with Crippen molar-refractivity contribution in [3.63, 3.8) is 0 Å². The Balaban J connectivity index is 1.85. The van der Waals surface area contributed by atoms with Gasteiger partial charge in [0.2, 0.25) is 0 Å². The third-order valence-electron chi connectivity index (χ3n) is 4.51. The predicted molar refractivity (Wildman–Crippen MR) is 122 cm³/mol. The molecule has 0 aliphatic carbocycles. The van der Waals surface area contributed by atoms with Gasteiger partial charge in [-0.15, -0.1) is 0 Å². The fourth-order valence-corrected chi connectivity index (χ4v) is 3.11. The van der Waals surface area contributed by atoms with Gasteiger partial charge in [0.25, 0.3) is 11.8 Å². The quantitative estimate of drug-likeness (QED) is 0.521. The maximum atomic E-state index is 13.1. The van der Waals surface area contributed by atoms with Crippen molar-refractivity contribution in [3.05, 3.63) is 83.4 Å². The lowest BCUT2D eigenvalue weighted by Crippen LogP contribution is -2.18. The molecule has 3 aromatic rings. The average molecular weight is 418 g/mol. The smallest absolute Gasteiger partial charge is 0.257 e. The van der Waals surface area contributed by atoms with E-state index in [0.717, 1.165) is 5.56 Å². The second-order valence-corrected chi connectivity index (χ2v) is 6.85. The molecule has 3 rings (SSSR count). The van der Waals surface area contributed by atoms with Crippen molar-refractivity contribution in [1.82, 2.24) is 0 Å². The van der Waals surface area contributed by atoms with Gasteiger partial charge < -0.3 is 20.1 Å². The molecule has 0 spiro atoms. The summed E-state index contributed by atoms with van der Waals surface area (Å²) in [5, 5.41) is 5.71. The summed E-state index contributed by atoms with van der Waals surface area (Å²) in [7, 11) is 0. The summed E-state index contributed by atoms with van der Waals surface area (Å²) in [6.45, 7) is 6.65. The van der Waals surface area contributed by atoms with Gasteiger partial charge in [-0.05, 0) is 57.2 Å². The lowest BCUT2D eigenvalue weighted by Gasteiger charge is -2.15. The monoisotopic (exact) mass is 418 g/mol. The zero-order valence-electron chi connectivity index (χ0n) is 17.9. The topological polar surface area (TPSA) is 76.7 Å². The van der Waals surface area contributed by atoms with E-state index in [0.29, 0.717) is 47.2 Å². The van der Waals surface area contributed by atoms with E-state index in [1.165, 1.54) is 0 Å². The Bertz CT molecular complexity index is 1080. The van der Waals surface area contributed by atoms with Crippen LogP contribution >= 0.6 is 0 Å². The maximum absolute atomic E-state index is 13.1. The summed E-state index contributed by atoms with van der Waals surface area (Å²) >= 11 is 0. The van der Waals surface area contributed by atoms with Crippen molar-refractivity contribution in [2.45, 2.75) is 20.8 Å². The van der Waals surface area contributed by atoms with Crippen LogP contribution in [-0.2, 0) is 0 Å². The lowest BCUT2D eigenvalue weighted by atomic mass is 10.1. The van der Waals surface area contributed by atoms with E-state index in [1.54, 1.807) is 54.6 Å². The van der Waals surface area contributed by atoms with Gasteiger partial charge in [0, 0.05) is 11.6 Å². The van der Waals surface area contributed by atoms with E-state index >= 15 is 0 Å². The third kappa shape index (κ3) is 5.63. The van der Waals surface area contributed by atoms with E-state index in [2.05, 4.69) is 10.6 Å². The Morgan fingerprint density at radius 3 is 2.26 bits per heavy atom. The molecule has 0 radical (unpaired) electrons.